The van der Waals surface area contributed by atoms with Crippen LogP contribution in [0.25, 0.3) is 0 Å². The Morgan fingerprint density at radius 3 is 2.48 bits per heavy atom. The van der Waals surface area contributed by atoms with Gasteiger partial charge in [-0.25, -0.2) is 8.42 Å². The first-order valence-corrected chi connectivity index (χ1v) is 10.9. The molecule has 0 aromatic heterocycles. The van der Waals surface area contributed by atoms with Gasteiger partial charge in [-0.05, 0) is 62.1 Å². The van der Waals surface area contributed by atoms with Crippen molar-refractivity contribution in [1.29, 1.82) is 0 Å². The summed E-state index contributed by atoms with van der Waals surface area (Å²) in [7, 11) is -3.70. The number of rotatable bonds is 6. The van der Waals surface area contributed by atoms with E-state index in [9.17, 15) is 18.3 Å². The lowest BCUT2D eigenvalue weighted by molar-refractivity contribution is -0.312. The normalized spacial score (nSPS) is 16.6. The molecule has 1 fully saturated rings. The number of aliphatic carboxylic acids is 1. The lowest BCUT2D eigenvalue weighted by Gasteiger charge is -2.31. The van der Waals surface area contributed by atoms with Crippen molar-refractivity contribution >= 4 is 27.4 Å². The molecule has 1 aliphatic heterocycles. The highest BCUT2D eigenvalue weighted by molar-refractivity contribution is 7.89. The molecule has 3 rings (SSSR count). The molecule has 0 amide bonds. The minimum atomic E-state index is -3.70. The number of piperidine rings is 1. The molecule has 0 spiro atoms. The van der Waals surface area contributed by atoms with Gasteiger partial charge >= 0.3 is 0 Å². The molecule has 154 valence electrons. The summed E-state index contributed by atoms with van der Waals surface area (Å²) >= 11 is 0. The highest BCUT2D eigenvalue weighted by Gasteiger charge is 2.29. The Hall–Kier alpha value is -2.71. The second-order valence-corrected chi connectivity index (χ2v) is 9.14. The second-order valence-electron chi connectivity index (χ2n) is 7.20. The summed E-state index contributed by atoms with van der Waals surface area (Å²) in [6, 6.07) is 14.4. The number of hydrogen-bond acceptors (Lipinski definition) is 6. The molecule has 2 aromatic rings. The van der Waals surface area contributed by atoms with E-state index in [0.717, 1.165) is 11.3 Å². The van der Waals surface area contributed by atoms with Crippen LogP contribution in [0.5, 0.6) is 0 Å². The first-order valence-electron chi connectivity index (χ1n) is 9.46. The number of carboxylic acids is 1. The van der Waals surface area contributed by atoms with Crippen molar-refractivity contribution in [2.45, 2.75) is 31.6 Å². The third kappa shape index (κ3) is 5.02. The minimum absolute atomic E-state index is 0.173. The number of carboxylic acid groups (broad SMARTS) is 1. The number of anilines is 1. The Kier molecular flexibility index (Phi) is 6.34. The zero-order valence-electron chi connectivity index (χ0n) is 16.5. The van der Waals surface area contributed by atoms with Crippen molar-refractivity contribution in [3.63, 3.8) is 0 Å². The number of benzene rings is 2. The molecular weight excluding hydrogens is 390 g/mol. The number of nitrogens with zero attached hydrogens (tertiary/aromatic N) is 2. The SMILES string of the molecule is C/C(=N/Nc1cccc(C)c1)c1cccc(S(=O)(=O)N2CCC(C(=O)[O-])CC2)c1. The van der Waals surface area contributed by atoms with E-state index < -0.39 is 21.9 Å². The van der Waals surface area contributed by atoms with Crippen LogP contribution in [0.4, 0.5) is 5.69 Å². The monoisotopic (exact) mass is 414 g/mol. The number of hydrogen-bond donors (Lipinski definition) is 1. The summed E-state index contributed by atoms with van der Waals surface area (Å²) < 4.78 is 27.3. The molecule has 0 radical (unpaired) electrons. The average molecular weight is 415 g/mol. The van der Waals surface area contributed by atoms with Crippen LogP contribution in [0.3, 0.4) is 0 Å². The van der Waals surface area contributed by atoms with Crippen LogP contribution in [0.15, 0.2) is 58.5 Å². The molecule has 0 bridgehead atoms. The molecular formula is C21H24N3O4S-. The number of hydrazone groups is 1. The van der Waals surface area contributed by atoms with Crippen LogP contribution in [-0.2, 0) is 14.8 Å². The van der Waals surface area contributed by atoms with Crippen molar-refractivity contribution in [1.82, 2.24) is 4.31 Å². The van der Waals surface area contributed by atoms with E-state index in [1.165, 1.54) is 4.31 Å². The maximum Gasteiger partial charge on any atom is 0.243 e. The zero-order valence-corrected chi connectivity index (χ0v) is 17.3. The predicted octanol–water partition coefficient (Wildman–Crippen LogP) is 1.98. The Labute approximate surface area is 171 Å². The standard InChI is InChI=1S/C21H25N3O4S/c1-15-5-3-7-19(13-15)23-22-16(2)18-6-4-8-20(14-18)29(27,28)24-11-9-17(10-12-24)21(25)26/h3-8,13-14,17,23H,9-12H2,1-2H3,(H,25,26)/p-1/b22-16-. The van der Waals surface area contributed by atoms with Crippen LogP contribution in [-0.4, -0.2) is 37.5 Å². The van der Waals surface area contributed by atoms with Crippen LogP contribution >= 0.6 is 0 Å². The number of carbonyl (C=O) groups is 1. The first kappa shape index (κ1) is 21.0. The quantitative estimate of drug-likeness (QED) is 0.575. The fraction of sp³-hybridized carbons (Fsp3) is 0.333. The van der Waals surface area contributed by atoms with Crippen molar-refractivity contribution in [3.05, 3.63) is 59.7 Å². The second kappa shape index (κ2) is 8.75. The minimum Gasteiger partial charge on any atom is -0.550 e. The van der Waals surface area contributed by atoms with Crippen LogP contribution in [0, 0.1) is 12.8 Å². The predicted molar refractivity (Wildman–Crippen MR) is 110 cm³/mol. The molecule has 1 saturated heterocycles. The summed E-state index contributed by atoms with van der Waals surface area (Å²) in [6.07, 6.45) is 0.532. The molecule has 1 heterocycles. The van der Waals surface area contributed by atoms with Crippen molar-refractivity contribution in [2.24, 2.45) is 11.0 Å². The number of nitrogens with one attached hydrogen (secondary N) is 1. The van der Waals surface area contributed by atoms with Gasteiger partial charge in [-0.3, -0.25) is 5.43 Å². The number of sulfonamides is 1. The van der Waals surface area contributed by atoms with Gasteiger partial charge < -0.3 is 9.90 Å². The number of carbonyl (C=O) groups excluding carboxylic acids is 1. The Morgan fingerprint density at radius 1 is 1.14 bits per heavy atom. The fourth-order valence-electron chi connectivity index (χ4n) is 3.29. The van der Waals surface area contributed by atoms with Gasteiger partial charge in [-0.1, -0.05) is 24.3 Å². The Bertz CT molecular complexity index is 1030. The first-order chi connectivity index (χ1) is 13.8. The molecule has 0 aliphatic carbocycles. The molecule has 2 aromatic carbocycles. The maximum absolute atomic E-state index is 13.0. The molecule has 8 heteroatoms. The van der Waals surface area contributed by atoms with Gasteiger partial charge in [0.15, 0.2) is 0 Å². The third-order valence-electron chi connectivity index (χ3n) is 5.05. The van der Waals surface area contributed by atoms with Crippen molar-refractivity contribution in [3.8, 4) is 0 Å². The van der Waals surface area contributed by atoms with Crippen molar-refractivity contribution < 1.29 is 18.3 Å². The summed E-state index contributed by atoms with van der Waals surface area (Å²) in [4.78, 5) is 11.2. The van der Waals surface area contributed by atoms with Gasteiger partial charge in [0.1, 0.15) is 0 Å². The third-order valence-corrected chi connectivity index (χ3v) is 6.94. The smallest absolute Gasteiger partial charge is 0.243 e. The molecule has 29 heavy (non-hydrogen) atoms. The van der Waals surface area contributed by atoms with Gasteiger partial charge in [0, 0.05) is 25.0 Å². The molecule has 0 unspecified atom stereocenters. The molecule has 1 N–H and O–H groups in total. The number of aryl methyl sites for hydroxylation is 1. The zero-order chi connectivity index (χ0) is 21.0. The summed E-state index contributed by atoms with van der Waals surface area (Å²) in [5.41, 5.74) is 6.29. The maximum atomic E-state index is 13.0. The van der Waals surface area contributed by atoms with Crippen molar-refractivity contribution in [2.75, 3.05) is 18.5 Å². The van der Waals surface area contributed by atoms with E-state index in [4.69, 9.17) is 0 Å². The van der Waals surface area contributed by atoms with Crippen LogP contribution in [0.2, 0.25) is 0 Å². The topological polar surface area (TPSA) is 102 Å². The van der Waals surface area contributed by atoms with Gasteiger partial charge in [0.05, 0.1) is 16.3 Å². The Balaban J connectivity index is 1.76. The van der Waals surface area contributed by atoms with E-state index in [1.54, 1.807) is 31.2 Å². The van der Waals surface area contributed by atoms with Gasteiger partial charge in [-0.15, -0.1) is 0 Å². The highest BCUT2D eigenvalue weighted by atomic mass is 32.2. The lowest BCUT2D eigenvalue weighted by atomic mass is 9.99. The fourth-order valence-corrected chi connectivity index (χ4v) is 4.81. The Morgan fingerprint density at radius 2 is 1.83 bits per heavy atom. The van der Waals surface area contributed by atoms with E-state index in [0.29, 0.717) is 11.3 Å². The van der Waals surface area contributed by atoms with E-state index in [1.807, 2.05) is 31.2 Å². The van der Waals surface area contributed by atoms with E-state index in [-0.39, 0.29) is 30.8 Å². The average Bonchev–Trinajstić information content (AvgIpc) is 2.72. The van der Waals surface area contributed by atoms with Gasteiger partial charge in [-0.2, -0.15) is 9.41 Å². The van der Waals surface area contributed by atoms with E-state index >= 15 is 0 Å². The molecule has 1 aliphatic rings. The molecule has 0 saturated carbocycles. The highest BCUT2D eigenvalue weighted by Crippen LogP contribution is 2.24. The van der Waals surface area contributed by atoms with Gasteiger partial charge in [0.25, 0.3) is 0 Å². The van der Waals surface area contributed by atoms with E-state index in [2.05, 4.69) is 10.5 Å². The molecule has 0 atom stereocenters. The summed E-state index contributed by atoms with van der Waals surface area (Å²) in [6.45, 7) is 4.14. The lowest BCUT2D eigenvalue weighted by Crippen LogP contribution is -2.43. The largest absolute Gasteiger partial charge is 0.550 e. The van der Waals surface area contributed by atoms with Crippen LogP contribution < -0.4 is 10.5 Å². The van der Waals surface area contributed by atoms with Gasteiger partial charge in [0.2, 0.25) is 10.0 Å². The molecule has 7 nitrogen and oxygen atoms in total. The summed E-state index contributed by atoms with van der Waals surface area (Å²) in [5.74, 6) is -1.70. The summed E-state index contributed by atoms with van der Waals surface area (Å²) in [5, 5.41) is 15.3. The van der Waals surface area contributed by atoms with Crippen LogP contribution in [0.1, 0.15) is 30.9 Å².